The highest BCUT2D eigenvalue weighted by molar-refractivity contribution is 6.07. The standard InChI is InChI=1S/C16H16FNO3/c1-10(8-15(19)20)9-18-16(21)13-6-7-14(17)12-5-3-2-4-11(12)13/h2-7,10H,8-9H2,1H3,(H,18,21)(H,19,20). The summed E-state index contributed by atoms with van der Waals surface area (Å²) in [5, 5.41) is 12.3. The molecule has 21 heavy (non-hydrogen) atoms. The summed E-state index contributed by atoms with van der Waals surface area (Å²) in [6, 6.07) is 9.46. The predicted octanol–water partition coefficient (Wildman–Crippen LogP) is 2.82. The quantitative estimate of drug-likeness (QED) is 0.889. The Morgan fingerprint density at radius 3 is 2.52 bits per heavy atom. The van der Waals surface area contributed by atoms with Crippen molar-refractivity contribution >= 4 is 22.6 Å². The fourth-order valence-corrected chi connectivity index (χ4v) is 2.19. The van der Waals surface area contributed by atoms with Gasteiger partial charge in [0.15, 0.2) is 0 Å². The molecule has 0 radical (unpaired) electrons. The van der Waals surface area contributed by atoms with Crippen molar-refractivity contribution in [2.24, 2.45) is 5.92 Å². The Bertz CT molecular complexity index is 684. The van der Waals surface area contributed by atoms with E-state index < -0.39 is 5.97 Å². The van der Waals surface area contributed by atoms with E-state index in [0.717, 1.165) is 0 Å². The molecule has 4 nitrogen and oxygen atoms in total. The van der Waals surface area contributed by atoms with Gasteiger partial charge in [-0.05, 0) is 23.4 Å². The van der Waals surface area contributed by atoms with Crippen molar-refractivity contribution in [1.29, 1.82) is 0 Å². The second-order valence-electron chi connectivity index (χ2n) is 5.05. The first kappa shape index (κ1) is 15.0. The van der Waals surface area contributed by atoms with Gasteiger partial charge in [0.25, 0.3) is 5.91 Å². The topological polar surface area (TPSA) is 66.4 Å². The van der Waals surface area contributed by atoms with Gasteiger partial charge in [-0.1, -0.05) is 31.2 Å². The van der Waals surface area contributed by atoms with Crippen LogP contribution in [0.1, 0.15) is 23.7 Å². The molecule has 1 unspecified atom stereocenters. The van der Waals surface area contributed by atoms with E-state index in [-0.39, 0.29) is 30.6 Å². The molecule has 1 atom stereocenters. The SMILES string of the molecule is CC(CNC(=O)c1ccc(F)c2ccccc12)CC(=O)O. The van der Waals surface area contributed by atoms with Gasteiger partial charge in [0.2, 0.25) is 0 Å². The Hall–Kier alpha value is -2.43. The molecule has 0 saturated heterocycles. The van der Waals surface area contributed by atoms with Gasteiger partial charge in [0, 0.05) is 23.9 Å². The summed E-state index contributed by atoms with van der Waals surface area (Å²) in [6.07, 6.45) is -0.00948. The molecule has 2 N–H and O–H groups in total. The zero-order valence-electron chi connectivity index (χ0n) is 11.6. The van der Waals surface area contributed by atoms with Crippen LogP contribution in [0.15, 0.2) is 36.4 Å². The molecule has 2 aromatic rings. The van der Waals surface area contributed by atoms with Crippen LogP contribution in [0.4, 0.5) is 4.39 Å². The van der Waals surface area contributed by atoms with Crippen LogP contribution in [0.3, 0.4) is 0 Å². The predicted molar refractivity (Wildman–Crippen MR) is 77.7 cm³/mol. The number of benzene rings is 2. The summed E-state index contributed by atoms with van der Waals surface area (Å²) in [5.74, 6) is -1.77. The fourth-order valence-electron chi connectivity index (χ4n) is 2.19. The summed E-state index contributed by atoms with van der Waals surface area (Å²) >= 11 is 0. The van der Waals surface area contributed by atoms with Crippen LogP contribution < -0.4 is 5.32 Å². The van der Waals surface area contributed by atoms with Crippen molar-refractivity contribution in [3.05, 3.63) is 47.8 Å². The van der Waals surface area contributed by atoms with Crippen molar-refractivity contribution in [1.82, 2.24) is 5.32 Å². The molecule has 0 fully saturated rings. The first-order valence-corrected chi connectivity index (χ1v) is 6.66. The van der Waals surface area contributed by atoms with Gasteiger partial charge in [-0.3, -0.25) is 9.59 Å². The zero-order chi connectivity index (χ0) is 15.4. The lowest BCUT2D eigenvalue weighted by molar-refractivity contribution is -0.137. The van der Waals surface area contributed by atoms with Crippen LogP contribution in [-0.2, 0) is 4.79 Å². The molecule has 0 aliphatic heterocycles. The number of nitrogens with one attached hydrogen (secondary N) is 1. The minimum atomic E-state index is -0.899. The maximum atomic E-state index is 13.7. The minimum Gasteiger partial charge on any atom is -0.481 e. The molecule has 0 bridgehead atoms. The molecular weight excluding hydrogens is 273 g/mol. The minimum absolute atomic E-state index is 0.00948. The van der Waals surface area contributed by atoms with Crippen LogP contribution in [-0.4, -0.2) is 23.5 Å². The van der Waals surface area contributed by atoms with Crippen molar-refractivity contribution in [3.8, 4) is 0 Å². The highest BCUT2D eigenvalue weighted by Crippen LogP contribution is 2.21. The number of hydrogen-bond acceptors (Lipinski definition) is 2. The number of rotatable bonds is 5. The van der Waals surface area contributed by atoms with Gasteiger partial charge >= 0.3 is 5.97 Å². The molecule has 0 aliphatic rings. The lowest BCUT2D eigenvalue weighted by Gasteiger charge is -2.12. The average molecular weight is 289 g/mol. The Labute approximate surface area is 121 Å². The summed E-state index contributed by atoms with van der Waals surface area (Å²) in [7, 11) is 0. The zero-order valence-corrected chi connectivity index (χ0v) is 11.6. The summed E-state index contributed by atoms with van der Waals surface area (Å²) in [5.41, 5.74) is 0.384. The molecule has 5 heteroatoms. The fraction of sp³-hybridized carbons (Fsp3) is 0.250. The van der Waals surface area contributed by atoms with Gasteiger partial charge in [0.1, 0.15) is 5.82 Å². The molecule has 0 aliphatic carbocycles. The lowest BCUT2D eigenvalue weighted by atomic mass is 10.0. The Morgan fingerprint density at radius 1 is 1.19 bits per heavy atom. The number of carbonyl (C=O) groups excluding carboxylic acids is 1. The van der Waals surface area contributed by atoms with Gasteiger partial charge < -0.3 is 10.4 Å². The molecule has 110 valence electrons. The summed E-state index contributed by atoms with van der Waals surface area (Å²) in [4.78, 5) is 22.8. The van der Waals surface area contributed by atoms with E-state index >= 15 is 0 Å². The second-order valence-corrected chi connectivity index (χ2v) is 5.05. The smallest absolute Gasteiger partial charge is 0.303 e. The largest absolute Gasteiger partial charge is 0.481 e. The number of carbonyl (C=O) groups is 2. The van der Waals surface area contributed by atoms with Gasteiger partial charge in [-0.15, -0.1) is 0 Å². The number of hydrogen-bond donors (Lipinski definition) is 2. The molecule has 0 aromatic heterocycles. The van der Waals surface area contributed by atoms with Crippen molar-refractivity contribution in [2.45, 2.75) is 13.3 Å². The van der Waals surface area contributed by atoms with E-state index in [0.29, 0.717) is 16.3 Å². The van der Waals surface area contributed by atoms with Crippen LogP contribution in [0, 0.1) is 11.7 Å². The van der Waals surface area contributed by atoms with Gasteiger partial charge in [-0.25, -0.2) is 4.39 Å². The lowest BCUT2D eigenvalue weighted by Crippen LogP contribution is -2.29. The van der Waals surface area contributed by atoms with Gasteiger partial charge in [0.05, 0.1) is 0 Å². The van der Waals surface area contributed by atoms with Gasteiger partial charge in [-0.2, -0.15) is 0 Å². The molecular formula is C16H16FNO3. The number of fused-ring (bicyclic) bond motifs is 1. The Balaban J connectivity index is 2.17. The summed E-state index contributed by atoms with van der Waals surface area (Å²) in [6.45, 7) is 2.01. The number of carboxylic acids is 1. The molecule has 0 heterocycles. The van der Waals surface area contributed by atoms with E-state index in [4.69, 9.17) is 5.11 Å². The van der Waals surface area contributed by atoms with E-state index in [1.165, 1.54) is 12.1 Å². The highest BCUT2D eigenvalue weighted by Gasteiger charge is 2.14. The number of aliphatic carboxylic acids is 1. The van der Waals surface area contributed by atoms with Crippen molar-refractivity contribution < 1.29 is 19.1 Å². The Kier molecular flexibility index (Phi) is 4.52. The molecule has 0 spiro atoms. The third-order valence-corrected chi connectivity index (χ3v) is 3.25. The van der Waals surface area contributed by atoms with Crippen LogP contribution in [0.2, 0.25) is 0 Å². The van der Waals surface area contributed by atoms with E-state index in [1.54, 1.807) is 31.2 Å². The number of carboxylic acid groups (broad SMARTS) is 1. The highest BCUT2D eigenvalue weighted by atomic mass is 19.1. The maximum absolute atomic E-state index is 13.7. The third kappa shape index (κ3) is 3.56. The van der Waals surface area contributed by atoms with E-state index in [1.807, 2.05) is 0 Å². The average Bonchev–Trinajstić information content (AvgIpc) is 2.45. The van der Waals surface area contributed by atoms with Crippen LogP contribution in [0.25, 0.3) is 10.8 Å². The normalized spacial score (nSPS) is 12.1. The van der Waals surface area contributed by atoms with E-state index in [2.05, 4.69) is 5.32 Å². The van der Waals surface area contributed by atoms with Crippen molar-refractivity contribution in [2.75, 3.05) is 6.54 Å². The monoisotopic (exact) mass is 289 g/mol. The molecule has 2 aromatic carbocycles. The van der Waals surface area contributed by atoms with E-state index in [9.17, 15) is 14.0 Å². The number of amides is 1. The van der Waals surface area contributed by atoms with Crippen molar-refractivity contribution in [3.63, 3.8) is 0 Å². The maximum Gasteiger partial charge on any atom is 0.303 e. The third-order valence-electron chi connectivity index (χ3n) is 3.25. The Morgan fingerprint density at radius 2 is 1.86 bits per heavy atom. The molecule has 0 saturated carbocycles. The first-order valence-electron chi connectivity index (χ1n) is 6.66. The van der Waals surface area contributed by atoms with Crippen LogP contribution >= 0.6 is 0 Å². The first-order chi connectivity index (χ1) is 9.99. The van der Waals surface area contributed by atoms with Crippen LogP contribution in [0.5, 0.6) is 0 Å². The summed E-state index contributed by atoms with van der Waals surface area (Å²) < 4.78 is 13.7. The molecule has 1 amide bonds. The molecule has 2 rings (SSSR count). The number of halogens is 1. The second kappa shape index (κ2) is 6.35.